The molecule has 0 amide bonds. The predicted octanol–water partition coefficient (Wildman–Crippen LogP) is 18.7. The van der Waals surface area contributed by atoms with E-state index in [0.29, 0.717) is 19.3 Å². The maximum absolute atomic E-state index is 13.2. The monoisotopic (exact) mass is 1210 g/mol. The average Bonchev–Trinajstić information content (AvgIpc) is 2.56. The molecule has 0 saturated carbocycles. The molecule has 6 atom stereocenters. The summed E-state index contributed by atoms with van der Waals surface area (Å²) in [5, 5.41) is 31.7. The fourth-order valence-electron chi connectivity index (χ4n) is 9.34. The molecule has 1 saturated heterocycles. The maximum atomic E-state index is 13.2. The summed E-state index contributed by atoms with van der Waals surface area (Å²) in [6.07, 6.45) is 75.0. The van der Waals surface area contributed by atoms with Gasteiger partial charge in [0.05, 0.1) is 6.61 Å². The van der Waals surface area contributed by atoms with Gasteiger partial charge in [0.1, 0.15) is 18.8 Å². The third-order valence-electron chi connectivity index (χ3n) is 14.4. The minimum absolute atomic E-state index is 0.0330. The van der Waals surface area contributed by atoms with Gasteiger partial charge in [-0.1, -0.05) is 244 Å². The highest BCUT2D eigenvalue weighted by molar-refractivity contribution is 5.74. The molecule has 12 heteroatoms. The molecule has 0 aliphatic carbocycles. The second-order valence-corrected chi connectivity index (χ2v) is 22.3. The van der Waals surface area contributed by atoms with Crippen molar-refractivity contribution in [2.75, 3.05) is 13.2 Å². The smallest absolute Gasteiger partial charge is 0.335 e. The first-order chi connectivity index (χ1) is 42.6. The number of aliphatic hydroxyl groups is 2. The number of carbonyl (C=O) groups excluding carboxylic acids is 3. The van der Waals surface area contributed by atoms with Crippen LogP contribution in [-0.4, -0.2) is 89.2 Å². The Bertz CT molecular complexity index is 2070. The van der Waals surface area contributed by atoms with E-state index in [1.54, 1.807) is 0 Å². The molecule has 1 fully saturated rings. The largest absolute Gasteiger partial charge is 0.479 e. The first-order valence-electron chi connectivity index (χ1n) is 33.8. The van der Waals surface area contributed by atoms with E-state index >= 15 is 0 Å². The van der Waals surface area contributed by atoms with E-state index in [1.807, 2.05) is 0 Å². The van der Waals surface area contributed by atoms with E-state index in [4.69, 9.17) is 23.7 Å². The van der Waals surface area contributed by atoms with Crippen molar-refractivity contribution in [1.29, 1.82) is 0 Å². The van der Waals surface area contributed by atoms with Crippen LogP contribution in [-0.2, 0) is 42.9 Å². The highest BCUT2D eigenvalue weighted by Crippen LogP contribution is 2.26. The first kappa shape index (κ1) is 79.6. The second-order valence-electron chi connectivity index (χ2n) is 22.3. The van der Waals surface area contributed by atoms with Crippen molar-refractivity contribution in [1.82, 2.24) is 0 Å². The third kappa shape index (κ3) is 50.2. The molecule has 1 aliphatic rings. The van der Waals surface area contributed by atoms with Crippen molar-refractivity contribution in [3.63, 3.8) is 0 Å². The van der Waals surface area contributed by atoms with E-state index in [2.05, 4.69) is 167 Å². The minimum Gasteiger partial charge on any atom is -0.479 e. The van der Waals surface area contributed by atoms with E-state index in [0.717, 1.165) is 193 Å². The first-order valence-corrected chi connectivity index (χ1v) is 33.8. The number of aliphatic hydroxyl groups excluding tert-OH is 2. The van der Waals surface area contributed by atoms with Crippen molar-refractivity contribution >= 4 is 23.9 Å². The molecular formula is C75H118O12. The number of esters is 3. The molecule has 0 bridgehead atoms. The number of allylic oxidation sites excluding steroid dienone is 24. The molecule has 6 unspecified atom stereocenters. The van der Waals surface area contributed by atoms with Gasteiger partial charge in [0.25, 0.3) is 0 Å². The van der Waals surface area contributed by atoms with Crippen LogP contribution in [0, 0.1) is 0 Å². The second kappa shape index (κ2) is 60.9. The van der Waals surface area contributed by atoms with Gasteiger partial charge in [-0.05, 0) is 135 Å². The standard InChI is InChI=1S/C75H118O12/c1-4-7-10-13-16-19-22-25-28-31-34-37-40-43-46-49-52-55-58-61-67(76)83-64-66(85-68(77)62-59-56-53-50-47-44-41-38-35-32-29-26-23-20-17-14-11-8-5-2)65-84-75-73(71(80)70(79)72(87-75)74(81)82)86-69(78)63-60-57-54-51-48-45-42-39-36-33-30-27-24-21-18-15-12-9-6-3/h7-12,16-21,25-30,34-39,66,70-73,75,79-80H,4-6,13-15,22-24,31-33,40-65H2,1-3H3,(H,81,82)/b10-7-,11-8-,12-9-,19-16-,20-17-,21-18-,28-25-,29-26-,30-27-,37-34-,38-35-,39-36-. The van der Waals surface area contributed by atoms with Crippen LogP contribution in [0.1, 0.15) is 252 Å². The van der Waals surface area contributed by atoms with Crippen molar-refractivity contribution < 1.29 is 58.2 Å². The Hall–Kier alpha value is -5.40. The summed E-state index contributed by atoms with van der Waals surface area (Å²) < 4.78 is 28.6. The Morgan fingerprint density at radius 1 is 0.379 bits per heavy atom. The van der Waals surface area contributed by atoms with Gasteiger partial charge in [-0.15, -0.1) is 0 Å². The van der Waals surface area contributed by atoms with Crippen molar-refractivity contribution in [3.8, 4) is 0 Å². The molecule has 1 rings (SSSR count). The van der Waals surface area contributed by atoms with Gasteiger partial charge >= 0.3 is 23.9 Å². The highest BCUT2D eigenvalue weighted by atomic mass is 16.7. The lowest BCUT2D eigenvalue weighted by Gasteiger charge is -2.40. The Morgan fingerprint density at radius 3 is 1.05 bits per heavy atom. The number of carbonyl (C=O) groups is 4. The van der Waals surface area contributed by atoms with Crippen LogP contribution in [0.4, 0.5) is 0 Å². The molecule has 0 aromatic carbocycles. The van der Waals surface area contributed by atoms with Crippen molar-refractivity contribution in [2.45, 2.75) is 289 Å². The molecule has 0 aromatic rings. The summed E-state index contributed by atoms with van der Waals surface area (Å²) in [6.45, 7) is 5.64. The molecule has 12 nitrogen and oxygen atoms in total. The molecule has 1 heterocycles. The van der Waals surface area contributed by atoms with E-state index < -0.39 is 67.3 Å². The SMILES string of the molecule is CC/C=C\C/C=C\C/C=C\C/C=C\CCCCCCCCC(=O)OCC(COC1OC(C(=O)O)C(O)C(O)C1OC(=O)CCCCCCCC/C=C\C/C=C\C/C=C\C/C=C\CC)OC(=O)CCCCCCCC/C=C\C/C=C\C/C=C\C/C=C\CC. The normalized spacial score (nSPS) is 18.3. The van der Waals surface area contributed by atoms with Crippen LogP contribution < -0.4 is 0 Å². The molecule has 0 radical (unpaired) electrons. The summed E-state index contributed by atoms with van der Waals surface area (Å²) >= 11 is 0. The molecule has 0 aromatic heterocycles. The number of carboxylic acid groups (broad SMARTS) is 1. The Balaban J connectivity index is 2.69. The minimum atomic E-state index is -1.92. The quantitative estimate of drug-likeness (QED) is 0.0228. The van der Waals surface area contributed by atoms with E-state index in [-0.39, 0.29) is 25.9 Å². The lowest BCUT2D eigenvalue weighted by Crippen LogP contribution is -2.61. The van der Waals surface area contributed by atoms with Gasteiger partial charge in [0.2, 0.25) is 0 Å². The van der Waals surface area contributed by atoms with Crippen molar-refractivity contribution in [3.05, 3.63) is 146 Å². The number of rotatable bonds is 56. The fourth-order valence-corrected chi connectivity index (χ4v) is 9.34. The number of ether oxygens (including phenoxy) is 5. The molecule has 0 spiro atoms. The van der Waals surface area contributed by atoms with Crippen LogP contribution in [0.25, 0.3) is 0 Å². The number of hydrogen-bond acceptors (Lipinski definition) is 11. The topological polar surface area (TPSA) is 175 Å². The van der Waals surface area contributed by atoms with Gasteiger partial charge in [0.15, 0.2) is 24.6 Å². The fraction of sp³-hybridized carbons (Fsp3) is 0.627. The summed E-state index contributed by atoms with van der Waals surface area (Å²) in [7, 11) is 0. The number of hydrogen-bond donors (Lipinski definition) is 3. The number of unbranched alkanes of at least 4 members (excludes halogenated alkanes) is 18. The van der Waals surface area contributed by atoms with Gasteiger partial charge in [-0.25, -0.2) is 4.79 Å². The average molecular weight is 1210 g/mol. The molecule has 490 valence electrons. The molecule has 1 aliphatic heterocycles. The summed E-state index contributed by atoms with van der Waals surface area (Å²) in [4.78, 5) is 51.5. The summed E-state index contributed by atoms with van der Waals surface area (Å²) in [6, 6.07) is 0. The number of aliphatic carboxylic acids is 1. The van der Waals surface area contributed by atoms with Crippen LogP contribution in [0.2, 0.25) is 0 Å². The van der Waals surface area contributed by atoms with Gasteiger partial charge in [-0.3, -0.25) is 14.4 Å². The van der Waals surface area contributed by atoms with E-state index in [9.17, 15) is 34.5 Å². The maximum Gasteiger partial charge on any atom is 0.335 e. The Kier molecular flexibility index (Phi) is 55.7. The highest BCUT2D eigenvalue weighted by Gasteiger charge is 2.50. The zero-order valence-electron chi connectivity index (χ0n) is 54.2. The van der Waals surface area contributed by atoms with E-state index in [1.165, 1.54) is 0 Å². The zero-order chi connectivity index (χ0) is 63.1. The Morgan fingerprint density at radius 2 is 0.690 bits per heavy atom. The van der Waals surface area contributed by atoms with Crippen LogP contribution in [0.3, 0.4) is 0 Å². The lowest BCUT2D eigenvalue weighted by atomic mass is 9.98. The van der Waals surface area contributed by atoms with Gasteiger partial charge in [-0.2, -0.15) is 0 Å². The van der Waals surface area contributed by atoms with Gasteiger partial charge in [0, 0.05) is 19.3 Å². The third-order valence-corrected chi connectivity index (χ3v) is 14.4. The zero-order valence-corrected chi connectivity index (χ0v) is 54.2. The Labute approximate surface area is 527 Å². The van der Waals surface area contributed by atoms with Gasteiger partial charge < -0.3 is 39.0 Å². The number of carboxylic acids is 1. The molecular weight excluding hydrogens is 1090 g/mol. The van der Waals surface area contributed by atoms with Crippen molar-refractivity contribution in [2.24, 2.45) is 0 Å². The molecule has 3 N–H and O–H groups in total. The lowest BCUT2D eigenvalue weighted by molar-refractivity contribution is -0.301. The predicted molar refractivity (Wildman–Crippen MR) is 358 cm³/mol. The summed E-state index contributed by atoms with van der Waals surface area (Å²) in [5.74, 6) is -3.19. The molecule has 87 heavy (non-hydrogen) atoms. The summed E-state index contributed by atoms with van der Waals surface area (Å²) in [5.41, 5.74) is 0. The van der Waals surface area contributed by atoms with Crippen LogP contribution in [0.5, 0.6) is 0 Å². The van der Waals surface area contributed by atoms with Crippen LogP contribution >= 0.6 is 0 Å². The van der Waals surface area contributed by atoms with Crippen LogP contribution in [0.15, 0.2) is 146 Å².